The summed E-state index contributed by atoms with van der Waals surface area (Å²) >= 11 is 12.4. The van der Waals surface area contributed by atoms with Crippen LogP contribution in [0.3, 0.4) is 0 Å². The summed E-state index contributed by atoms with van der Waals surface area (Å²) in [6.45, 7) is 5.70. The predicted octanol–water partition coefficient (Wildman–Crippen LogP) is 5.67. The summed E-state index contributed by atoms with van der Waals surface area (Å²) in [6.07, 6.45) is 3.69. The van der Waals surface area contributed by atoms with Crippen molar-refractivity contribution in [2.24, 2.45) is 5.92 Å². The summed E-state index contributed by atoms with van der Waals surface area (Å²) in [5, 5.41) is 4.13. The molecular formula is C24H26Cl2F3N3O6S. The number of carbonyl (C=O) groups excluding carboxylic acids is 2. The molecule has 1 aromatic carbocycles. The summed E-state index contributed by atoms with van der Waals surface area (Å²) < 4.78 is 71.2. The highest BCUT2D eigenvalue weighted by Gasteiger charge is 2.48. The Morgan fingerprint density at radius 1 is 1.15 bits per heavy atom. The Kier molecular flexibility index (Phi) is 7.91. The third-order valence-electron chi connectivity index (χ3n) is 6.44. The number of hydrogen-bond donors (Lipinski definition) is 0. The third kappa shape index (κ3) is 6.30. The molecule has 0 N–H and O–H groups in total. The Morgan fingerprint density at radius 3 is 2.38 bits per heavy atom. The Morgan fingerprint density at radius 2 is 1.79 bits per heavy atom. The van der Waals surface area contributed by atoms with Gasteiger partial charge in [-0.05, 0) is 58.4 Å². The van der Waals surface area contributed by atoms with Crippen LogP contribution in [0.2, 0.25) is 10.0 Å². The first-order valence-electron chi connectivity index (χ1n) is 12.1. The molecule has 214 valence electrons. The topological polar surface area (TPSA) is 108 Å². The Hall–Kier alpha value is -2.51. The molecule has 0 radical (unpaired) electrons. The van der Waals surface area contributed by atoms with E-state index in [0.717, 1.165) is 34.5 Å². The van der Waals surface area contributed by atoms with Crippen molar-refractivity contribution in [3.8, 4) is 5.75 Å². The van der Waals surface area contributed by atoms with Crippen LogP contribution < -0.4 is 4.18 Å². The lowest BCUT2D eigenvalue weighted by molar-refractivity contribution is -0.133. The number of amides is 1. The largest absolute Gasteiger partial charge is 0.534 e. The lowest BCUT2D eigenvalue weighted by atomic mass is 9.92. The van der Waals surface area contributed by atoms with Gasteiger partial charge in [0.15, 0.2) is 0 Å². The maximum atomic E-state index is 13.4. The van der Waals surface area contributed by atoms with Crippen LogP contribution in [0.1, 0.15) is 62.9 Å². The zero-order chi connectivity index (χ0) is 28.9. The van der Waals surface area contributed by atoms with Gasteiger partial charge in [0.25, 0.3) is 0 Å². The molecule has 0 bridgehead atoms. The molecule has 1 fully saturated rings. The number of carbonyl (C=O) groups is 2. The summed E-state index contributed by atoms with van der Waals surface area (Å²) in [5.41, 5.74) is -4.52. The molecule has 1 unspecified atom stereocenters. The number of aryl methyl sites for hydroxylation is 1. The van der Waals surface area contributed by atoms with Crippen molar-refractivity contribution in [1.82, 2.24) is 14.7 Å². The van der Waals surface area contributed by atoms with Gasteiger partial charge < -0.3 is 13.8 Å². The van der Waals surface area contributed by atoms with Crippen molar-refractivity contribution in [3.05, 3.63) is 45.2 Å². The van der Waals surface area contributed by atoms with Gasteiger partial charge in [-0.15, -0.1) is 0 Å². The fourth-order valence-electron chi connectivity index (χ4n) is 4.75. The molecule has 1 amide bonds. The first-order valence-corrected chi connectivity index (χ1v) is 14.2. The molecule has 9 nitrogen and oxygen atoms in total. The van der Waals surface area contributed by atoms with Crippen molar-refractivity contribution in [3.63, 3.8) is 0 Å². The monoisotopic (exact) mass is 611 g/mol. The van der Waals surface area contributed by atoms with E-state index >= 15 is 0 Å². The van der Waals surface area contributed by atoms with E-state index in [-0.39, 0.29) is 34.0 Å². The average molecular weight is 612 g/mol. The fraction of sp³-hybridized carbons (Fsp3) is 0.542. The van der Waals surface area contributed by atoms with E-state index in [9.17, 15) is 31.2 Å². The Balaban J connectivity index is 1.50. The molecule has 4 rings (SSSR count). The smallest absolute Gasteiger partial charge is 0.442 e. The molecule has 2 aliphatic rings. The van der Waals surface area contributed by atoms with Gasteiger partial charge in [0.1, 0.15) is 11.4 Å². The zero-order valence-electron chi connectivity index (χ0n) is 21.2. The number of hydrogen-bond acceptors (Lipinski definition) is 7. The molecule has 1 aliphatic carbocycles. The quantitative estimate of drug-likeness (QED) is 0.316. The number of nitrogens with zero attached hydrogens (tertiary/aromatic N) is 3. The van der Waals surface area contributed by atoms with E-state index in [0.29, 0.717) is 25.8 Å². The van der Waals surface area contributed by atoms with Crippen LogP contribution in [-0.2, 0) is 32.5 Å². The van der Waals surface area contributed by atoms with E-state index in [1.807, 2.05) is 0 Å². The first kappa shape index (κ1) is 29.5. The molecule has 0 spiro atoms. The van der Waals surface area contributed by atoms with Gasteiger partial charge in [0, 0.05) is 46.4 Å². The van der Waals surface area contributed by atoms with Crippen LogP contribution in [0, 0.1) is 5.92 Å². The maximum Gasteiger partial charge on any atom is 0.534 e. The van der Waals surface area contributed by atoms with Crippen molar-refractivity contribution in [2.45, 2.75) is 70.0 Å². The normalized spacial score (nSPS) is 20.2. The molecule has 2 aromatic rings. The van der Waals surface area contributed by atoms with E-state index in [2.05, 4.69) is 9.28 Å². The first-order chi connectivity index (χ1) is 18.0. The number of fused-ring (bicyclic) bond motifs is 1. The predicted molar refractivity (Wildman–Crippen MR) is 135 cm³/mol. The summed E-state index contributed by atoms with van der Waals surface area (Å²) in [4.78, 5) is 27.7. The summed E-state index contributed by atoms with van der Waals surface area (Å²) in [5.74, 6) is -1.37. The molecule has 2 atom stereocenters. The van der Waals surface area contributed by atoms with E-state index in [4.69, 9.17) is 27.9 Å². The third-order valence-corrected chi connectivity index (χ3v) is 8.09. The van der Waals surface area contributed by atoms with Crippen LogP contribution in [-0.4, -0.2) is 52.8 Å². The van der Waals surface area contributed by atoms with Crippen LogP contribution in [0.4, 0.5) is 18.0 Å². The van der Waals surface area contributed by atoms with Gasteiger partial charge >= 0.3 is 21.7 Å². The lowest BCUT2D eigenvalue weighted by Gasteiger charge is -2.31. The minimum absolute atomic E-state index is 0.0933. The van der Waals surface area contributed by atoms with Crippen LogP contribution in [0.25, 0.3) is 0 Å². The molecule has 15 heteroatoms. The number of ether oxygens (including phenoxy) is 1. The second-order valence-corrected chi connectivity index (χ2v) is 12.8. The van der Waals surface area contributed by atoms with Gasteiger partial charge in [-0.1, -0.05) is 23.2 Å². The number of likely N-dealkylation sites (tertiary alicyclic amines) is 1. The summed E-state index contributed by atoms with van der Waals surface area (Å²) in [7, 11) is -5.90. The van der Waals surface area contributed by atoms with Gasteiger partial charge in [0.2, 0.25) is 5.91 Å². The molecule has 1 saturated heterocycles. The Labute approximate surface area is 233 Å². The average Bonchev–Trinajstić information content (AvgIpc) is 3.38. The molecule has 0 saturated carbocycles. The van der Waals surface area contributed by atoms with Crippen LogP contribution in [0.15, 0.2) is 18.3 Å². The second kappa shape index (κ2) is 10.5. The van der Waals surface area contributed by atoms with Crippen molar-refractivity contribution in [2.75, 3.05) is 6.54 Å². The van der Waals surface area contributed by atoms with E-state index < -0.39 is 39.0 Å². The highest BCUT2D eigenvalue weighted by molar-refractivity contribution is 7.88. The van der Waals surface area contributed by atoms with E-state index in [1.165, 1.54) is 0 Å². The molecular weight excluding hydrogens is 586 g/mol. The molecule has 39 heavy (non-hydrogen) atoms. The summed E-state index contributed by atoms with van der Waals surface area (Å²) in [6, 6.07) is 1.56. The van der Waals surface area contributed by atoms with Gasteiger partial charge in [-0.3, -0.25) is 4.79 Å². The van der Waals surface area contributed by atoms with E-state index in [1.54, 1.807) is 31.9 Å². The molecule has 1 aliphatic heterocycles. The zero-order valence-corrected chi connectivity index (χ0v) is 23.5. The van der Waals surface area contributed by atoms with Crippen molar-refractivity contribution < 1.29 is 40.1 Å². The minimum Gasteiger partial charge on any atom is -0.442 e. The lowest BCUT2D eigenvalue weighted by Crippen LogP contribution is -2.34. The van der Waals surface area contributed by atoms with Crippen LogP contribution >= 0.6 is 23.2 Å². The molecule has 2 heterocycles. The van der Waals surface area contributed by atoms with Crippen LogP contribution in [0.5, 0.6) is 5.75 Å². The Bertz CT molecular complexity index is 1380. The van der Waals surface area contributed by atoms with Crippen molar-refractivity contribution >= 4 is 45.3 Å². The second-order valence-electron chi connectivity index (χ2n) is 10.4. The highest BCUT2D eigenvalue weighted by Crippen LogP contribution is 2.40. The molecule has 1 aromatic heterocycles. The minimum atomic E-state index is -5.90. The van der Waals surface area contributed by atoms with Gasteiger partial charge in [-0.2, -0.15) is 31.4 Å². The number of alkyl halides is 3. The van der Waals surface area contributed by atoms with Gasteiger partial charge in [0.05, 0.1) is 11.7 Å². The maximum absolute atomic E-state index is 13.4. The number of aromatic nitrogens is 2. The number of rotatable bonds is 5. The standard InChI is InChI=1S/C24H26Cl2F3N3O6S/c1-23(2,3)37-22(34)32-12-16-19(30-32)5-4-6-20(16)31-8-7-13(21(31)33)9-15-17(25)10-14(11-18(15)26)38-39(35,36)24(27,28)29/h10-13,20H,4-9H2,1-3H3/t13-,20?/m0/s1. The SMILES string of the molecule is CC(C)(C)OC(=O)n1cc2c(n1)CCCC2N1CC[C@@H](Cc2c(Cl)cc(OS(=O)(=O)C(F)(F)F)cc2Cl)C1=O. The van der Waals surface area contributed by atoms with Crippen molar-refractivity contribution in [1.29, 1.82) is 0 Å². The van der Waals surface area contributed by atoms with Gasteiger partial charge in [-0.25, -0.2) is 4.79 Å². The highest BCUT2D eigenvalue weighted by atomic mass is 35.5. The fourth-order valence-corrected chi connectivity index (χ4v) is 5.81. The number of halogens is 5. The number of benzene rings is 1.